The normalized spacial score (nSPS) is 11.4. The summed E-state index contributed by atoms with van der Waals surface area (Å²) in [6.45, 7) is 2.55. The first-order valence-corrected chi connectivity index (χ1v) is 12.0. The molecule has 0 aliphatic carbocycles. The summed E-state index contributed by atoms with van der Waals surface area (Å²) in [5.74, 6) is 0.875. The second kappa shape index (κ2) is 9.84. The number of hydrogen-bond acceptors (Lipinski definition) is 2. The van der Waals surface area contributed by atoms with Crippen LogP contribution in [0.4, 0.5) is 0 Å². The van der Waals surface area contributed by atoms with Gasteiger partial charge in [-0.05, 0) is 97.8 Å². The standard InChI is InChI=1S/C27H19I2NO/c1-18-9-11-20(12-10-18)23(16-30)13-19-14-25(28)27(26(29)15-19)31-17-22-7-4-6-21-5-2-3-8-24(21)22/h2-15H,17H2,1H3/b23-13-. The van der Waals surface area contributed by atoms with Gasteiger partial charge in [-0.25, -0.2) is 0 Å². The van der Waals surface area contributed by atoms with E-state index in [1.54, 1.807) is 0 Å². The Morgan fingerprint density at radius 1 is 0.935 bits per heavy atom. The number of allylic oxidation sites excluding steroid dienone is 1. The van der Waals surface area contributed by atoms with Crippen LogP contribution in [0.5, 0.6) is 5.75 Å². The van der Waals surface area contributed by atoms with Gasteiger partial charge >= 0.3 is 0 Å². The highest BCUT2D eigenvalue weighted by Crippen LogP contribution is 2.32. The molecular formula is C27H19I2NO. The molecule has 0 heterocycles. The molecule has 0 N–H and O–H groups in total. The minimum atomic E-state index is 0.509. The Morgan fingerprint density at radius 2 is 1.61 bits per heavy atom. The van der Waals surface area contributed by atoms with Crippen LogP contribution in [-0.4, -0.2) is 0 Å². The van der Waals surface area contributed by atoms with Gasteiger partial charge in [-0.2, -0.15) is 5.26 Å². The number of fused-ring (bicyclic) bond motifs is 1. The number of hydrogen-bond donors (Lipinski definition) is 0. The summed E-state index contributed by atoms with van der Waals surface area (Å²) in [4.78, 5) is 0. The Morgan fingerprint density at radius 3 is 2.32 bits per heavy atom. The van der Waals surface area contributed by atoms with E-state index in [-0.39, 0.29) is 0 Å². The maximum absolute atomic E-state index is 9.65. The van der Waals surface area contributed by atoms with Crippen molar-refractivity contribution in [1.29, 1.82) is 5.26 Å². The Balaban J connectivity index is 1.60. The number of rotatable bonds is 5. The van der Waals surface area contributed by atoms with Gasteiger partial charge in [-0.3, -0.25) is 0 Å². The Kier molecular flexibility index (Phi) is 6.93. The molecule has 0 atom stereocenters. The highest BCUT2D eigenvalue weighted by atomic mass is 127. The quantitative estimate of drug-likeness (QED) is 0.128. The van der Waals surface area contributed by atoms with Crippen molar-refractivity contribution >= 4 is 67.6 Å². The Bertz CT molecular complexity index is 1290. The summed E-state index contributed by atoms with van der Waals surface area (Å²) in [5.41, 5.74) is 4.91. The molecule has 0 aromatic heterocycles. The molecule has 4 rings (SSSR count). The van der Waals surface area contributed by atoms with Crippen molar-refractivity contribution in [3.05, 3.63) is 108 Å². The van der Waals surface area contributed by atoms with Gasteiger partial charge in [-0.1, -0.05) is 72.3 Å². The van der Waals surface area contributed by atoms with Crippen molar-refractivity contribution in [3.63, 3.8) is 0 Å². The van der Waals surface area contributed by atoms with Crippen molar-refractivity contribution < 1.29 is 4.74 Å². The molecule has 0 aliphatic heterocycles. The lowest BCUT2D eigenvalue weighted by Gasteiger charge is -2.13. The predicted molar refractivity (Wildman–Crippen MR) is 145 cm³/mol. The molecule has 152 valence electrons. The SMILES string of the molecule is Cc1ccc(/C(C#N)=C\c2cc(I)c(OCc3cccc4ccccc34)c(I)c2)cc1. The first-order valence-electron chi connectivity index (χ1n) is 9.82. The van der Waals surface area contributed by atoms with E-state index in [2.05, 4.69) is 106 Å². The van der Waals surface area contributed by atoms with Crippen LogP contribution < -0.4 is 4.74 Å². The van der Waals surface area contributed by atoms with Crippen molar-refractivity contribution in [2.75, 3.05) is 0 Å². The molecule has 0 bridgehead atoms. The molecule has 0 fully saturated rings. The highest BCUT2D eigenvalue weighted by molar-refractivity contribution is 14.1. The van der Waals surface area contributed by atoms with Gasteiger partial charge in [0, 0.05) is 0 Å². The zero-order chi connectivity index (χ0) is 21.8. The van der Waals surface area contributed by atoms with Gasteiger partial charge < -0.3 is 4.74 Å². The summed E-state index contributed by atoms with van der Waals surface area (Å²) < 4.78 is 8.30. The number of ether oxygens (including phenoxy) is 1. The summed E-state index contributed by atoms with van der Waals surface area (Å²) in [5, 5.41) is 12.1. The third kappa shape index (κ3) is 5.10. The third-order valence-electron chi connectivity index (χ3n) is 5.07. The van der Waals surface area contributed by atoms with Crippen LogP contribution in [0.2, 0.25) is 0 Å². The molecule has 0 unspecified atom stereocenters. The smallest absolute Gasteiger partial charge is 0.146 e. The highest BCUT2D eigenvalue weighted by Gasteiger charge is 2.11. The minimum Gasteiger partial charge on any atom is -0.487 e. The minimum absolute atomic E-state index is 0.509. The third-order valence-corrected chi connectivity index (χ3v) is 6.67. The largest absolute Gasteiger partial charge is 0.487 e. The van der Waals surface area contributed by atoms with E-state index >= 15 is 0 Å². The summed E-state index contributed by atoms with van der Waals surface area (Å²) >= 11 is 4.62. The Labute approximate surface area is 209 Å². The van der Waals surface area contributed by atoms with E-state index in [0.717, 1.165) is 24.0 Å². The zero-order valence-electron chi connectivity index (χ0n) is 16.9. The molecule has 0 saturated carbocycles. The first kappa shape index (κ1) is 21.8. The fourth-order valence-corrected chi connectivity index (χ4v) is 5.58. The van der Waals surface area contributed by atoms with E-state index < -0.39 is 0 Å². The van der Waals surface area contributed by atoms with Gasteiger partial charge in [0.1, 0.15) is 12.4 Å². The van der Waals surface area contributed by atoms with Crippen molar-refractivity contribution in [2.24, 2.45) is 0 Å². The van der Waals surface area contributed by atoms with E-state index in [4.69, 9.17) is 4.74 Å². The van der Waals surface area contributed by atoms with Crippen LogP contribution in [0.1, 0.15) is 22.3 Å². The van der Waals surface area contributed by atoms with Gasteiger partial charge in [0.25, 0.3) is 0 Å². The molecule has 31 heavy (non-hydrogen) atoms. The van der Waals surface area contributed by atoms with Crippen LogP contribution in [0, 0.1) is 25.4 Å². The van der Waals surface area contributed by atoms with Crippen molar-refractivity contribution in [3.8, 4) is 11.8 Å². The monoisotopic (exact) mass is 627 g/mol. The fourth-order valence-electron chi connectivity index (χ4n) is 3.45. The average molecular weight is 627 g/mol. The second-order valence-corrected chi connectivity index (χ2v) is 9.60. The van der Waals surface area contributed by atoms with Gasteiger partial charge in [0.05, 0.1) is 18.8 Å². The average Bonchev–Trinajstić information content (AvgIpc) is 2.77. The first-order chi connectivity index (χ1) is 15.0. The summed E-state index contributed by atoms with van der Waals surface area (Å²) in [7, 11) is 0. The predicted octanol–water partition coefficient (Wildman–Crippen LogP) is 8.00. The molecule has 0 saturated heterocycles. The number of halogens is 2. The molecule has 4 aromatic rings. The number of aryl methyl sites for hydroxylation is 1. The van der Waals surface area contributed by atoms with Crippen LogP contribution in [-0.2, 0) is 6.61 Å². The van der Waals surface area contributed by atoms with Crippen molar-refractivity contribution in [1.82, 2.24) is 0 Å². The van der Waals surface area contributed by atoms with Crippen LogP contribution in [0.15, 0.2) is 78.9 Å². The molecule has 0 aliphatic rings. The lowest BCUT2D eigenvalue weighted by molar-refractivity contribution is 0.303. The lowest BCUT2D eigenvalue weighted by Crippen LogP contribution is -2.00. The Hall–Kier alpha value is -2.37. The van der Waals surface area contributed by atoms with Gasteiger partial charge in [0.15, 0.2) is 0 Å². The summed E-state index contributed by atoms with van der Waals surface area (Å²) in [6.07, 6.45) is 1.93. The lowest BCUT2D eigenvalue weighted by atomic mass is 10.0. The molecule has 4 heteroatoms. The fraction of sp³-hybridized carbons (Fsp3) is 0.0741. The van der Waals surface area contributed by atoms with E-state index in [1.807, 2.05) is 37.3 Å². The molecular weight excluding hydrogens is 608 g/mol. The van der Waals surface area contributed by atoms with Crippen LogP contribution in [0.3, 0.4) is 0 Å². The van der Waals surface area contributed by atoms with E-state index in [1.165, 1.54) is 21.9 Å². The molecule has 4 aromatic carbocycles. The number of nitrogens with zero attached hydrogens (tertiary/aromatic N) is 1. The van der Waals surface area contributed by atoms with Crippen LogP contribution in [0.25, 0.3) is 22.4 Å². The second-order valence-electron chi connectivity index (χ2n) is 7.28. The van der Waals surface area contributed by atoms with Crippen molar-refractivity contribution in [2.45, 2.75) is 13.5 Å². The molecule has 0 spiro atoms. The van der Waals surface area contributed by atoms with E-state index in [9.17, 15) is 5.26 Å². The van der Waals surface area contributed by atoms with E-state index in [0.29, 0.717) is 12.2 Å². The van der Waals surface area contributed by atoms with Gasteiger partial charge in [-0.15, -0.1) is 0 Å². The molecule has 2 nitrogen and oxygen atoms in total. The molecule has 0 radical (unpaired) electrons. The summed E-state index contributed by atoms with van der Waals surface area (Å²) in [6, 6.07) is 29.1. The topological polar surface area (TPSA) is 33.0 Å². The maximum Gasteiger partial charge on any atom is 0.146 e. The van der Waals surface area contributed by atoms with Crippen LogP contribution >= 0.6 is 45.2 Å². The maximum atomic E-state index is 9.65. The zero-order valence-corrected chi connectivity index (χ0v) is 21.2. The number of nitriles is 1. The number of benzene rings is 4. The molecule has 0 amide bonds. The van der Waals surface area contributed by atoms with Gasteiger partial charge in [0.2, 0.25) is 0 Å².